The fourth-order valence-corrected chi connectivity index (χ4v) is 2.02. The van der Waals surface area contributed by atoms with Crippen LogP contribution in [-0.4, -0.2) is 29.2 Å². The minimum Gasteiger partial charge on any atom is -0.377 e. The number of aromatic nitrogens is 2. The van der Waals surface area contributed by atoms with Crippen LogP contribution >= 0.6 is 0 Å². The highest BCUT2D eigenvalue weighted by Gasteiger charge is 2.07. The van der Waals surface area contributed by atoms with Gasteiger partial charge in [-0.25, -0.2) is 4.98 Å². The third kappa shape index (κ3) is 4.85. The maximum atomic E-state index is 5.83. The van der Waals surface area contributed by atoms with Gasteiger partial charge in [-0.2, -0.15) is 0 Å². The molecule has 0 aliphatic heterocycles. The largest absolute Gasteiger partial charge is 0.377 e. The number of nitrogens with zero attached hydrogens (tertiary/aromatic N) is 1. The van der Waals surface area contributed by atoms with Gasteiger partial charge >= 0.3 is 0 Å². The standard InChI is InChI=1S/C15H21N3O/c16-10-15(9-13-5-2-1-3-6-13)19-8-4-7-14-11-17-12-18-14/h1-3,5-6,11-12,15H,4,7-10,16H2,(H,17,18). The number of benzene rings is 1. The summed E-state index contributed by atoms with van der Waals surface area (Å²) in [6.45, 7) is 1.28. The topological polar surface area (TPSA) is 63.9 Å². The van der Waals surface area contributed by atoms with Gasteiger partial charge in [-0.05, 0) is 24.8 Å². The van der Waals surface area contributed by atoms with Gasteiger partial charge in [0, 0.05) is 25.0 Å². The van der Waals surface area contributed by atoms with E-state index >= 15 is 0 Å². The zero-order valence-corrected chi connectivity index (χ0v) is 11.1. The molecule has 0 saturated carbocycles. The fourth-order valence-electron chi connectivity index (χ4n) is 2.02. The number of nitrogens with two attached hydrogens (primary N) is 1. The lowest BCUT2D eigenvalue weighted by atomic mass is 10.1. The van der Waals surface area contributed by atoms with Gasteiger partial charge in [0.05, 0.1) is 12.4 Å². The zero-order valence-electron chi connectivity index (χ0n) is 11.1. The molecule has 4 nitrogen and oxygen atoms in total. The highest BCUT2D eigenvalue weighted by atomic mass is 16.5. The van der Waals surface area contributed by atoms with E-state index in [1.54, 1.807) is 6.33 Å². The van der Waals surface area contributed by atoms with Gasteiger partial charge in [0.15, 0.2) is 0 Å². The van der Waals surface area contributed by atoms with Crippen molar-refractivity contribution in [1.82, 2.24) is 9.97 Å². The first-order chi connectivity index (χ1) is 9.38. The summed E-state index contributed by atoms with van der Waals surface area (Å²) >= 11 is 0. The van der Waals surface area contributed by atoms with E-state index in [4.69, 9.17) is 10.5 Å². The van der Waals surface area contributed by atoms with Crippen LogP contribution in [0.5, 0.6) is 0 Å². The van der Waals surface area contributed by atoms with Crippen molar-refractivity contribution in [3.63, 3.8) is 0 Å². The monoisotopic (exact) mass is 259 g/mol. The molecule has 0 spiro atoms. The third-order valence-corrected chi connectivity index (χ3v) is 3.07. The lowest BCUT2D eigenvalue weighted by Crippen LogP contribution is -2.26. The summed E-state index contributed by atoms with van der Waals surface area (Å²) in [5, 5.41) is 0. The van der Waals surface area contributed by atoms with Crippen molar-refractivity contribution >= 4 is 0 Å². The first-order valence-electron chi connectivity index (χ1n) is 6.71. The molecule has 0 radical (unpaired) electrons. The average Bonchev–Trinajstić information content (AvgIpc) is 2.96. The van der Waals surface area contributed by atoms with Crippen molar-refractivity contribution in [3.05, 3.63) is 54.1 Å². The van der Waals surface area contributed by atoms with Crippen molar-refractivity contribution in [2.24, 2.45) is 5.73 Å². The molecule has 1 atom stereocenters. The molecule has 0 aliphatic carbocycles. The fraction of sp³-hybridized carbons (Fsp3) is 0.400. The van der Waals surface area contributed by atoms with Crippen LogP contribution in [-0.2, 0) is 17.6 Å². The van der Waals surface area contributed by atoms with Gasteiger partial charge in [-0.1, -0.05) is 30.3 Å². The van der Waals surface area contributed by atoms with E-state index in [0.29, 0.717) is 6.54 Å². The summed E-state index contributed by atoms with van der Waals surface area (Å²) in [6.07, 6.45) is 6.47. The Morgan fingerprint density at radius 2 is 2.11 bits per heavy atom. The molecular formula is C15H21N3O. The van der Waals surface area contributed by atoms with Crippen LogP contribution < -0.4 is 5.73 Å². The van der Waals surface area contributed by atoms with Crippen molar-refractivity contribution in [2.45, 2.75) is 25.4 Å². The first-order valence-corrected chi connectivity index (χ1v) is 6.71. The molecular weight excluding hydrogens is 238 g/mol. The molecule has 19 heavy (non-hydrogen) atoms. The van der Waals surface area contributed by atoms with E-state index in [1.165, 1.54) is 5.56 Å². The smallest absolute Gasteiger partial charge is 0.0921 e. The molecule has 1 aromatic carbocycles. The lowest BCUT2D eigenvalue weighted by molar-refractivity contribution is 0.0579. The van der Waals surface area contributed by atoms with Gasteiger partial charge in [-0.3, -0.25) is 0 Å². The molecule has 3 N–H and O–H groups in total. The molecule has 1 unspecified atom stereocenters. The van der Waals surface area contributed by atoms with Crippen molar-refractivity contribution in [1.29, 1.82) is 0 Å². The number of H-pyrrole nitrogens is 1. The Kier molecular flexibility index (Phi) is 5.59. The number of aromatic amines is 1. The quantitative estimate of drug-likeness (QED) is 0.712. The van der Waals surface area contributed by atoms with Crippen LogP contribution in [0.25, 0.3) is 0 Å². The number of nitrogens with one attached hydrogen (secondary N) is 1. The molecule has 0 amide bonds. The molecule has 0 aliphatic rings. The Morgan fingerprint density at radius 3 is 2.79 bits per heavy atom. The Morgan fingerprint density at radius 1 is 1.26 bits per heavy atom. The second-order valence-electron chi connectivity index (χ2n) is 4.60. The van der Waals surface area contributed by atoms with E-state index in [1.807, 2.05) is 24.4 Å². The summed E-state index contributed by atoms with van der Waals surface area (Å²) in [5.74, 6) is 0. The highest BCUT2D eigenvalue weighted by molar-refractivity contribution is 5.15. The van der Waals surface area contributed by atoms with Gasteiger partial charge < -0.3 is 15.5 Å². The molecule has 0 fully saturated rings. The highest BCUT2D eigenvalue weighted by Crippen LogP contribution is 2.06. The molecule has 1 heterocycles. The summed E-state index contributed by atoms with van der Waals surface area (Å²) in [4.78, 5) is 7.08. The molecule has 4 heteroatoms. The predicted octanol–water partition coefficient (Wildman–Crippen LogP) is 1.93. The maximum absolute atomic E-state index is 5.83. The number of hydrogen-bond acceptors (Lipinski definition) is 3. The summed E-state index contributed by atoms with van der Waals surface area (Å²) in [5.41, 5.74) is 8.18. The summed E-state index contributed by atoms with van der Waals surface area (Å²) in [7, 11) is 0. The van der Waals surface area contributed by atoms with Gasteiger partial charge in [0.1, 0.15) is 0 Å². The third-order valence-electron chi connectivity index (χ3n) is 3.07. The van der Waals surface area contributed by atoms with Gasteiger partial charge in [0.2, 0.25) is 0 Å². The number of aryl methyl sites for hydroxylation is 1. The molecule has 2 rings (SSSR count). The van der Waals surface area contributed by atoms with Crippen molar-refractivity contribution < 1.29 is 4.74 Å². The van der Waals surface area contributed by atoms with Crippen LogP contribution in [0.15, 0.2) is 42.9 Å². The van der Waals surface area contributed by atoms with Gasteiger partial charge in [0.25, 0.3) is 0 Å². The number of ether oxygens (including phenoxy) is 1. The minimum absolute atomic E-state index is 0.101. The van der Waals surface area contributed by atoms with Crippen LogP contribution in [0.4, 0.5) is 0 Å². The number of imidazole rings is 1. The molecule has 102 valence electrons. The molecule has 2 aromatic rings. The minimum atomic E-state index is 0.101. The SMILES string of the molecule is NCC(Cc1ccccc1)OCCCc1cnc[nH]1. The van der Waals surface area contributed by atoms with Gasteiger partial charge in [-0.15, -0.1) is 0 Å². The van der Waals surface area contributed by atoms with Crippen LogP contribution in [0.1, 0.15) is 17.7 Å². The average molecular weight is 259 g/mol. The predicted molar refractivity (Wildman–Crippen MR) is 75.8 cm³/mol. The van der Waals surface area contributed by atoms with E-state index in [-0.39, 0.29) is 6.10 Å². The molecule has 1 aromatic heterocycles. The summed E-state index contributed by atoms with van der Waals surface area (Å²) < 4.78 is 5.83. The van der Waals surface area contributed by atoms with E-state index in [9.17, 15) is 0 Å². The number of rotatable bonds is 8. The van der Waals surface area contributed by atoms with Crippen LogP contribution in [0.3, 0.4) is 0 Å². The lowest BCUT2D eigenvalue weighted by Gasteiger charge is -2.16. The Bertz CT molecular complexity index is 442. The van der Waals surface area contributed by atoms with Crippen molar-refractivity contribution in [2.75, 3.05) is 13.2 Å². The van der Waals surface area contributed by atoms with E-state index in [2.05, 4.69) is 22.1 Å². The summed E-state index contributed by atoms with van der Waals surface area (Å²) in [6, 6.07) is 10.3. The molecule has 0 bridgehead atoms. The normalized spacial score (nSPS) is 12.5. The second-order valence-corrected chi connectivity index (χ2v) is 4.60. The first kappa shape index (κ1) is 13.8. The van der Waals surface area contributed by atoms with Crippen molar-refractivity contribution in [3.8, 4) is 0 Å². The van der Waals surface area contributed by atoms with E-state index in [0.717, 1.165) is 31.6 Å². The molecule has 0 saturated heterocycles. The maximum Gasteiger partial charge on any atom is 0.0921 e. The van der Waals surface area contributed by atoms with E-state index < -0.39 is 0 Å². The zero-order chi connectivity index (χ0) is 13.3. The Balaban J connectivity index is 1.68. The Labute approximate surface area is 114 Å². The Hall–Kier alpha value is -1.65. The van der Waals surface area contributed by atoms with Crippen LogP contribution in [0, 0.1) is 0 Å². The van der Waals surface area contributed by atoms with Crippen LogP contribution in [0.2, 0.25) is 0 Å². The second kappa shape index (κ2) is 7.71. The number of hydrogen-bond donors (Lipinski definition) is 2.